The van der Waals surface area contributed by atoms with E-state index in [1.165, 1.54) is 6.07 Å². The van der Waals surface area contributed by atoms with Crippen LogP contribution >= 0.6 is 0 Å². The number of anilines is 1. The number of carbonyl (C=O) groups excluding carboxylic acids is 1. The molecule has 98 valence electrons. The van der Waals surface area contributed by atoms with E-state index in [0.717, 1.165) is 5.56 Å². The molecule has 2 rings (SSSR count). The Morgan fingerprint density at radius 3 is 2.58 bits per heavy atom. The normalized spacial score (nSPS) is 10.2. The predicted octanol–water partition coefficient (Wildman–Crippen LogP) is 2.79. The summed E-state index contributed by atoms with van der Waals surface area (Å²) in [6, 6.07) is 13.8. The fraction of sp³-hybridized carbons (Fsp3) is 0.133. The van der Waals surface area contributed by atoms with Gasteiger partial charge < -0.3 is 15.2 Å². The van der Waals surface area contributed by atoms with Crippen molar-refractivity contribution >= 4 is 11.6 Å². The molecule has 0 aliphatic carbocycles. The van der Waals surface area contributed by atoms with E-state index in [1.54, 1.807) is 31.4 Å². The number of amides is 1. The van der Waals surface area contributed by atoms with E-state index in [0.29, 0.717) is 12.3 Å². The SMILES string of the molecule is COCc1ccccc1NC(=O)c1ccccc1O. The summed E-state index contributed by atoms with van der Waals surface area (Å²) in [5.41, 5.74) is 1.81. The van der Waals surface area contributed by atoms with Gasteiger partial charge in [0.2, 0.25) is 0 Å². The van der Waals surface area contributed by atoms with Crippen molar-refractivity contribution in [2.75, 3.05) is 12.4 Å². The Kier molecular flexibility index (Phi) is 4.15. The first-order valence-corrected chi connectivity index (χ1v) is 5.88. The van der Waals surface area contributed by atoms with Gasteiger partial charge in [-0.25, -0.2) is 0 Å². The summed E-state index contributed by atoms with van der Waals surface area (Å²) >= 11 is 0. The van der Waals surface area contributed by atoms with Crippen LogP contribution in [0, 0.1) is 0 Å². The zero-order valence-corrected chi connectivity index (χ0v) is 10.6. The third kappa shape index (κ3) is 3.11. The summed E-state index contributed by atoms with van der Waals surface area (Å²) in [4.78, 5) is 12.1. The third-order valence-electron chi connectivity index (χ3n) is 2.71. The standard InChI is InChI=1S/C15H15NO3/c1-19-10-11-6-2-4-8-13(11)16-15(18)12-7-3-5-9-14(12)17/h2-9,17H,10H2,1H3,(H,16,18). The fourth-order valence-corrected chi connectivity index (χ4v) is 1.78. The Morgan fingerprint density at radius 1 is 1.16 bits per heavy atom. The average Bonchev–Trinajstić information content (AvgIpc) is 2.41. The molecule has 0 aliphatic rings. The number of phenolic OH excluding ortho intramolecular Hbond substituents is 1. The number of rotatable bonds is 4. The van der Waals surface area contributed by atoms with Crippen LogP contribution in [-0.4, -0.2) is 18.1 Å². The van der Waals surface area contributed by atoms with Crippen molar-refractivity contribution in [1.82, 2.24) is 0 Å². The lowest BCUT2D eigenvalue weighted by molar-refractivity contribution is 0.102. The van der Waals surface area contributed by atoms with Gasteiger partial charge in [0.15, 0.2) is 0 Å². The molecule has 0 bridgehead atoms. The van der Waals surface area contributed by atoms with Crippen molar-refractivity contribution in [2.24, 2.45) is 0 Å². The molecule has 4 heteroatoms. The molecule has 0 saturated heterocycles. The first-order chi connectivity index (χ1) is 9.22. The maximum absolute atomic E-state index is 12.1. The summed E-state index contributed by atoms with van der Waals surface area (Å²) in [5, 5.41) is 12.4. The largest absolute Gasteiger partial charge is 0.507 e. The van der Waals surface area contributed by atoms with E-state index in [9.17, 15) is 9.90 Å². The fourth-order valence-electron chi connectivity index (χ4n) is 1.78. The molecule has 0 saturated carbocycles. The number of hydrogen-bond acceptors (Lipinski definition) is 3. The molecule has 0 spiro atoms. The maximum atomic E-state index is 12.1. The minimum atomic E-state index is -0.346. The molecule has 0 aliphatic heterocycles. The molecule has 19 heavy (non-hydrogen) atoms. The molecule has 1 amide bonds. The predicted molar refractivity (Wildman–Crippen MR) is 73.2 cm³/mol. The number of carbonyl (C=O) groups is 1. The van der Waals surface area contributed by atoms with Crippen LogP contribution < -0.4 is 5.32 Å². The minimum Gasteiger partial charge on any atom is -0.507 e. The van der Waals surface area contributed by atoms with Crippen molar-refractivity contribution in [3.05, 3.63) is 59.7 Å². The van der Waals surface area contributed by atoms with Crippen LogP contribution in [-0.2, 0) is 11.3 Å². The van der Waals surface area contributed by atoms with Gasteiger partial charge in [-0.2, -0.15) is 0 Å². The minimum absolute atomic E-state index is 0.0378. The van der Waals surface area contributed by atoms with Gasteiger partial charge in [0.25, 0.3) is 5.91 Å². The van der Waals surface area contributed by atoms with Gasteiger partial charge in [0.05, 0.1) is 12.2 Å². The Balaban J connectivity index is 2.22. The highest BCUT2D eigenvalue weighted by atomic mass is 16.5. The lowest BCUT2D eigenvalue weighted by atomic mass is 10.1. The number of nitrogens with one attached hydrogen (secondary N) is 1. The van der Waals surface area contributed by atoms with Crippen molar-refractivity contribution in [2.45, 2.75) is 6.61 Å². The van der Waals surface area contributed by atoms with Crippen LogP contribution in [0.4, 0.5) is 5.69 Å². The van der Waals surface area contributed by atoms with Gasteiger partial charge in [-0.05, 0) is 18.2 Å². The zero-order chi connectivity index (χ0) is 13.7. The number of para-hydroxylation sites is 2. The first kappa shape index (κ1) is 13.1. The average molecular weight is 257 g/mol. The Labute approximate surface area is 111 Å². The van der Waals surface area contributed by atoms with E-state index < -0.39 is 0 Å². The second-order valence-electron chi connectivity index (χ2n) is 4.06. The maximum Gasteiger partial charge on any atom is 0.259 e. The molecule has 0 unspecified atom stereocenters. The van der Waals surface area contributed by atoms with E-state index in [-0.39, 0.29) is 17.2 Å². The summed E-state index contributed by atoms with van der Waals surface area (Å²) in [7, 11) is 1.60. The second-order valence-corrected chi connectivity index (χ2v) is 4.06. The Morgan fingerprint density at radius 2 is 1.84 bits per heavy atom. The number of ether oxygens (including phenoxy) is 1. The molecule has 0 heterocycles. The van der Waals surface area contributed by atoms with Crippen molar-refractivity contribution in [3.8, 4) is 5.75 Å². The molecule has 0 radical (unpaired) electrons. The van der Waals surface area contributed by atoms with Crippen LogP contribution in [0.5, 0.6) is 5.75 Å². The van der Waals surface area contributed by atoms with E-state index in [1.807, 2.05) is 18.2 Å². The zero-order valence-electron chi connectivity index (χ0n) is 10.6. The summed E-state index contributed by atoms with van der Waals surface area (Å²) in [5.74, 6) is -0.383. The van der Waals surface area contributed by atoms with Crippen molar-refractivity contribution in [1.29, 1.82) is 0 Å². The molecule has 2 aromatic rings. The number of methoxy groups -OCH3 is 1. The van der Waals surface area contributed by atoms with Crippen LogP contribution in [0.2, 0.25) is 0 Å². The molecular weight excluding hydrogens is 242 g/mol. The highest BCUT2D eigenvalue weighted by Crippen LogP contribution is 2.20. The van der Waals surface area contributed by atoms with Crippen molar-refractivity contribution in [3.63, 3.8) is 0 Å². The van der Waals surface area contributed by atoms with Gasteiger partial charge in [0.1, 0.15) is 5.75 Å². The van der Waals surface area contributed by atoms with E-state index in [2.05, 4.69) is 5.32 Å². The summed E-state index contributed by atoms with van der Waals surface area (Å²) in [6.45, 7) is 0.414. The molecule has 0 atom stereocenters. The van der Waals surface area contributed by atoms with E-state index in [4.69, 9.17) is 4.74 Å². The lowest BCUT2D eigenvalue weighted by Crippen LogP contribution is -2.13. The smallest absolute Gasteiger partial charge is 0.259 e. The van der Waals surface area contributed by atoms with Gasteiger partial charge in [-0.1, -0.05) is 30.3 Å². The molecule has 4 nitrogen and oxygen atoms in total. The van der Waals surface area contributed by atoms with Gasteiger partial charge >= 0.3 is 0 Å². The quantitative estimate of drug-likeness (QED) is 0.885. The first-order valence-electron chi connectivity index (χ1n) is 5.88. The summed E-state index contributed by atoms with van der Waals surface area (Å²) in [6.07, 6.45) is 0. The van der Waals surface area contributed by atoms with Crippen molar-refractivity contribution < 1.29 is 14.6 Å². The van der Waals surface area contributed by atoms with Gasteiger partial charge in [0, 0.05) is 18.4 Å². The van der Waals surface area contributed by atoms with Crippen LogP contribution in [0.25, 0.3) is 0 Å². The molecular formula is C15H15NO3. The molecule has 2 aromatic carbocycles. The number of phenols is 1. The highest BCUT2D eigenvalue weighted by molar-refractivity contribution is 6.06. The van der Waals surface area contributed by atoms with Crippen LogP contribution in [0.3, 0.4) is 0 Å². The van der Waals surface area contributed by atoms with Gasteiger partial charge in [-0.15, -0.1) is 0 Å². The monoisotopic (exact) mass is 257 g/mol. The molecule has 2 N–H and O–H groups in total. The topological polar surface area (TPSA) is 58.6 Å². The molecule has 0 aromatic heterocycles. The highest BCUT2D eigenvalue weighted by Gasteiger charge is 2.12. The lowest BCUT2D eigenvalue weighted by Gasteiger charge is -2.11. The number of benzene rings is 2. The third-order valence-corrected chi connectivity index (χ3v) is 2.71. The van der Waals surface area contributed by atoms with E-state index >= 15 is 0 Å². The summed E-state index contributed by atoms with van der Waals surface area (Å²) < 4.78 is 5.08. The molecule has 0 fully saturated rings. The van der Waals surface area contributed by atoms with Crippen LogP contribution in [0.15, 0.2) is 48.5 Å². The Hall–Kier alpha value is -2.33. The number of aromatic hydroxyl groups is 1. The number of hydrogen-bond donors (Lipinski definition) is 2. The van der Waals surface area contributed by atoms with Gasteiger partial charge in [-0.3, -0.25) is 4.79 Å². The van der Waals surface area contributed by atoms with Crippen LogP contribution in [0.1, 0.15) is 15.9 Å². The Bertz CT molecular complexity index is 581. The second kappa shape index (κ2) is 6.02.